The van der Waals surface area contributed by atoms with Crippen LogP contribution in [-0.2, 0) is 0 Å². The molecule has 0 aromatic carbocycles. The molecule has 1 aliphatic carbocycles. The summed E-state index contributed by atoms with van der Waals surface area (Å²) in [4.78, 5) is 0. The number of hydrogen-bond acceptors (Lipinski definition) is 4. The summed E-state index contributed by atoms with van der Waals surface area (Å²) in [6, 6.07) is 0. The molecule has 0 aliphatic heterocycles. The van der Waals surface area contributed by atoms with Gasteiger partial charge in [0, 0.05) is 0 Å². The molecule has 1 aliphatic rings. The van der Waals surface area contributed by atoms with Gasteiger partial charge in [0.2, 0.25) is 0 Å². The molecule has 4 heteroatoms. The van der Waals surface area contributed by atoms with E-state index < -0.39 is 0 Å². The van der Waals surface area contributed by atoms with E-state index in [0.29, 0.717) is 0 Å². The molecule has 0 aromatic heterocycles. The number of hydrogen-bond donors (Lipinski definition) is 4. The van der Waals surface area contributed by atoms with Crippen molar-refractivity contribution in [3.8, 4) is 0 Å². The summed E-state index contributed by atoms with van der Waals surface area (Å²) in [7, 11) is 0. The van der Waals surface area contributed by atoms with Crippen molar-refractivity contribution in [2.24, 2.45) is 11.5 Å². The van der Waals surface area contributed by atoms with Gasteiger partial charge in [0.1, 0.15) is 0 Å². The third-order valence-corrected chi connectivity index (χ3v) is 2.16. The Hall–Kier alpha value is -0.160. The lowest BCUT2D eigenvalue weighted by molar-refractivity contribution is 0.695. The van der Waals surface area contributed by atoms with Gasteiger partial charge in [0.25, 0.3) is 0 Å². The topological polar surface area (TPSA) is 122 Å². The van der Waals surface area contributed by atoms with Crippen molar-refractivity contribution in [2.75, 3.05) is 13.1 Å². The molecule has 1 fully saturated rings. The Labute approximate surface area is 89.0 Å². The molecular formula is C10H30N4. The lowest BCUT2D eigenvalue weighted by Gasteiger charge is -1.91. The molecule has 1 saturated carbocycles. The van der Waals surface area contributed by atoms with Gasteiger partial charge in [0.15, 0.2) is 0 Å². The summed E-state index contributed by atoms with van der Waals surface area (Å²) in [5.41, 5.74) is 10.5. The first kappa shape index (κ1) is 19.4. The van der Waals surface area contributed by atoms with Crippen molar-refractivity contribution < 1.29 is 0 Å². The second-order valence-corrected chi connectivity index (χ2v) is 3.41. The standard InChI is InChI=1S/C5H14N2.C5H10.2H3N/c6-4-2-1-3-5-7;1-2-4-5-3-1;;/h1-7H2;1-5H2;2*1H3. The Morgan fingerprint density at radius 3 is 1.07 bits per heavy atom. The molecular weight excluding hydrogens is 176 g/mol. The molecule has 0 radical (unpaired) electrons. The lowest BCUT2D eigenvalue weighted by atomic mass is 10.2. The van der Waals surface area contributed by atoms with Crippen LogP contribution in [0, 0.1) is 0 Å². The van der Waals surface area contributed by atoms with Crippen molar-refractivity contribution in [1.82, 2.24) is 12.3 Å². The van der Waals surface area contributed by atoms with Gasteiger partial charge in [-0.15, -0.1) is 0 Å². The van der Waals surface area contributed by atoms with E-state index in [-0.39, 0.29) is 12.3 Å². The van der Waals surface area contributed by atoms with E-state index in [1.807, 2.05) is 0 Å². The maximum absolute atomic E-state index is 5.23. The highest BCUT2D eigenvalue weighted by Gasteiger charge is 1.95. The third kappa shape index (κ3) is 17.8. The maximum atomic E-state index is 5.23. The smallest absolute Gasteiger partial charge is 0.00773 e. The SMILES string of the molecule is C1CCCC1.N.N.NCCCCCN. The number of unbranched alkanes of at least 4 members (excludes halogenated alkanes) is 2. The minimum Gasteiger partial charge on any atom is -0.344 e. The highest BCUT2D eigenvalue weighted by atomic mass is 14.5. The van der Waals surface area contributed by atoms with E-state index in [4.69, 9.17) is 11.5 Å². The summed E-state index contributed by atoms with van der Waals surface area (Å²) < 4.78 is 0. The van der Waals surface area contributed by atoms with Crippen LogP contribution in [0.5, 0.6) is 0 Å². The highest BCUT2D eigenvalue weighted by molar-refractivity contribution is 4.51. The van der Waals surface area contributed by atoms with Crippen LogP contribution in [0.1, 0.15) is 51.4 Å². The van der Waals surface area contributed by atoms with Crippen LogP contribution < -0.4 is 23.8 Å². The molecule has 0 aromatic rings. The van der Waals surface area contributed by atoms with Gasteiger partial charge in [0.05, 0.1) is 0 Å². The zero-order valence-corrected chi connectivity index (χ0v) is 9.64. The molecule has 0 saturated heterocycles. The Bertz CT molecular complexity index is 62.9. The van der Waals surface area contributed by atoms with Gasteiger partial charge in [-0.25, -0.2) is 0 Å². The first-order valence-electron chi connectivity index (χ1n) is 5.32. The Kier molecular flexibility index (Phi) is 25.8. The van der Waals surface area contributed by atoms with Gasteiger partial charge in [-0.05, 0) is 25.9 Å². The molecule has 0 bridgehead atoms. The average Bonchev–Trinajstić information content (AvgIpc) is 2.62. The molecule has 14 heavy (non-hydrogen) atoms. The fourth-order valence-corrected chi connectivity index (χ4v) is 1.35. The number of rotatable bonds is 4. The van der Waals surface area contributed by atoms with E-state index in [2.05, 4.69) is 0 Å². The van der Waals surface area contributed by atoms with Crippen molar-refractivity contribution in [1.29, 1.82) is 0 Å². The number of nitrogens with two attached hydrogens (primary N) is 2. The van der Waals surface area contributed by atoms with E-state index in [9.17, 15) is 0 Å². The molecule has 4 nitrogen and oxygen atoms in total. The molecule has 0 atom stereocenters. The molecule has 0 unspecified atom stereocenters. The summed E-state index contributed by atoms with van der Waals surface area (Å²) in [6.45, 7) is 1.61. The van der Waals surface area contributed by atoms with Crippen molar-refractivity contribution >= 4 is 0 Å². The molecule has 0 heterocycles. The van der Waals surface area contributed by atoms with Crippen molar-refractivity contribution in [3.05, 3.63) is 0 Å². The Morgan fingerprint density at radius 2 is 0.857 bits per heavy atom. The lowest BCUT2D eigenvalue weighted by Crippen LogP contribution is -2.02. The van der Waals surface area contributed by atoms with Crippen LogP contribution >= 0.6 is 0 Å². The van der Waals surface area contributed by atoms with Gasteiger partial charge in [-0.1, -0.05) is 38.5 Å². The van der Waals surface area contributed by atoms with Gasteiger partial charge in [-0.3, -0.25) is 0 Å². The van der Waals surface area contributed by atoms with Gasteiger partial charge >= 0.3 is 0 Å². The second-order valence-electron chi connectivity index (χ2n) is 3.41. The maximum Gasteiger partial charge on any atom is -0.00773 e. The van der Waals surface area contributed by atoms with E-state index in [0.717, 1.165) is 25.9 Å². The molecule has 90 valence electrons. The normalized spacial score (nSPS) is 13.3. The molecule has 10 N–H and O–H groups in total. The summed E-state index contributed by atoms with van der Waals surface area (Å²) in [5.74, 6) is 0. The quantitative estimate of drug-likeness (QED) is 0.527. The predicted octanol–water partition coefficient (Wildman–Crippen LogP) is 2.35. The Balaban J connectivity index is -0.000000155. The Morgan fingerprint density at radius 1 is 0.571 bits per heavy atom. The first-order chi connectivity index (χ1) is 5.91. The average molecular weight is 206 g/mol. The fraction of sp³-hybridized carbons (Fsp3) is 1.00. The minimum absolute atomic E-state index is 0. The van der Waals surface area contributed by atoms with Crippen LogP contribution in [0.3, 0.4) is 0 Å². The van der Waals surface area contributed by atoms with Crippen LogP contribution in [-0.4, -0.2) is 13.1 Å². The first-order valence-corrected chi connectivity index (χ1v) is 5.32. The second kappa shape index (κ2) is 18.6. The van der Waals surface area contributed by atoms with Crippen LogP contribution in [0.2, 0.25) is 0 Å². The largest absolute Gasteiger partial charge is 0.344 e. The van der Waals surface area contributed by atoms with Gasteiger partial charge < -0.3 is 23.8 Å². The molecule has 0 spiro atoms. The molecule has 1 rings (SSSR count). The van der Waals surface area contributed by atoms with E-state index in [1.165, 1.54) is 38.5 Å². The zero-order chi connectivity index (χ0) is 9.07. The monoisotopic (exact) mass is 206 g/mol. The van der Waals surface area contributed by atoms with Gasteiger partial charge in [-0.2, -0.15) is 0 Å². The van der Waals surface area contributed by atoms with E-state index >= 15 is 0 Å². The third-order valence-electron chi connectivity index (χ3n) is 2.16. The fourth-order valence-electron chi connectivity index (χ4n) is 1.35. The predicted molar refractivity (Wildman–Crippen MR) is 65.1 cm³/mol. The zero-order valence-electron chi connectivity index (χ0n) is 9.64. The summed E-state index contributed by atoms with van der Waals surface area (Å²) in [6.07, 6.45) is 10.9. The van der Waals surface area contributed by atoms with Crippen molar-refractivity contribution in [3.63, 3.8) is 0 Å². The minimum atomic E-state index is 0. The van der Waals surface area contributed by atoms with Crippen LogP contribution in [0.15, 0.2) is 0 Å². The summed E-state index contributed by atoms with van der Waals surface area (Å²) in [5, 5.41) is 0. The van der Waals surface area contributed by atoms with E-state index in [1.54, 1.807) is 0 Å². The van der Waals surface area contributed by atoms with Crippen LogP contribution in [0.4, 0.5) is 0 Å². The van der Waals surface area contributed by atoms with Crippen LogP contribution in [0.25, 0.3) is 0 Å². The highest BCUT2D eigenvalue weighted by Crippen LogP contribution is 2.15. The summed E-state index contributed by atoms with van der Waals surface area (Å²) >= 11 is 0. The van der Waals surface area contributed by atoms with Crippen molar-refractivity contribution in [2.45, 2.75) is 51.4 Å². The molecule has 0 amide bonds.